The second-order valence-electron chi connectivity index (χ2n) is 7.53. The summed E-state index contributed by atoms with van der Waals surface area (Å²) in [6, 6.07) is 28.8. The third-order valence-electron chi connectivity index (χ3n) is 5.15. The number of rotatable bonds is 8. The van der Waals surface area contributed by atoms with E-state index in [0.29, 0.717) is 47.5 Å². The Kier molecular flexibility index (Phi) is 5.99. The van der Waals surface area contributed by atoms with Gasteiger partial charge in [0, 0.05) is 6.07 Å². The van der Waals surface area contributed by atoms with Crippen molar-refractivity contribution in [2.45, 2.75) is 19.8 Å². The van der Waals surface area contributed by atoms with Gasteiger partial charge in [-0.1, -0.05) is 66.7 Å². The van der Waals surface area contributed by atoms with Gasteiger partial charge in [-0.05, 0) is 34.9 Å². The maximum atomic E-state index is 9.40. The van der Waals surface area contributed by atoms with Gasteiger partial charge < -0.3 is 19.0 Å². The number of pyridine rings is 1. The number of aromatic nitrogens is 2. The van der Waals surface area contributed by atoms with E-state index < -0.39 is 0 Å². The van der Waals surface area contributed by atoms with Crippen LogP contribution in [0, 0.1) is 0 Å². The van der Waals surface area contributed by atoms with Gasteiger partial charge in [0.05, 0.1) is 12.2 Å². The number of fused-ring (bicyclic) bond motifs is 1. The molecule has 0 saturated heterocycles. The molecule has 2 aromatic heterocycles. The van der Waals surface area contributed by atoms with E-state index in [0.717, 1.165) is 16.7 Å². The van der Waals surface area contributed by atoms with Crippen LogP contribution in [-0.2, 0) is 19.8 Å². The summed E-state index contributed by atoms with van der Waals surface area (Å²) in [6.07, 6.45) is 0. The monoisotopic (exact) mass is 438 g/mol. The summed E-state index contributed by atoms with van der Waals surface area (Å²) in [5.74, 6) is 1.22. The quantitative estimate of drug-likeness (QED) is 0.343. The maximum Gasteiger partial charge on any atom is 0.232 e. The van der Waals surface area contributed by atoms with E-state index in [9.17, 15) is 5.11 Å². The Balaban J connectivity index is 1.46. The average Bonchev–Trinajstić information content (AvgIpc) is 3.30. The predicted molar refractivity (Wildman–Crippen MR) is 125 cm³/mol. The summed E-state index contributed by atoms with van der Waals surface area (Å²) in [6.45, 7) is 0.689. The van der Waals surface area contributed by atoms with Crippen LogP contribution in [0.5, 0.6) is 11.8 Å². The number of nitrogens with zero attached hydrogens (tertiary/aromatic N) is 2. The molecule has 33 heavy (non-hydrogen) atoms. The van der Waals surface area contributed by atoms with E-state index in [4.69, 9.17) is 13.9 Å². The highest BCUT2D eigenvalue weighted by molar-refractivity contribution is 5.77. The first-order valence-corrected chi connectivity index (χ1v) is 10.6. The second kappa shape index (κ2) is 9.54. The molecule has 0 spiro atoms. The fraction of sp³-hybridized carbons (Fsp3) is 0.111. The van der Waals surface area contributed by atoms with Crippen LogP contribution in [0.3, 0.4) is 0 Å². The van der Waals surface area contributed by atoms with Crippen LogP contribution in [0.4, 0.5) is 0 Å². The zero-order chi connectivity index (χ0) is 22.5. The first-order chi connectivity index (χ1) is 16.3. The molecule has 0 aliphatic carbocycles. The van der Waals surface area contributed by atoms with Crippen molar-refractivity contribution >= 4 is 11.1 Å². The minimum atomic E-state index is -0.0570. The Morgan fingerprint density at radius 3 is 2.09 bits per heavy atom. The lowest BCUT2D eigenvalue weighted by Gasteiger charge is -2.11. The van der Waals surface area contributed by atoms with Crippen LogP contribution in [0.25, 0.3) is 22.6 Å². The number of hydrogen-bond acceptors (Lipinski definition) is 6. The van der Waals surface area contributed by atoms with Crippen molar-refractivity contribution in [3.05, 3.63) is 108 Å². The van der Waals surface area contributed by atoms with E-state index in [1.165, 1.54) is 0 Å². The minimum Gasteiger partial charge on any atom is -0.473 e. The summed E-state index contributed by atoms with van der Waals surface area (Å²) in [5, 5.41) is 9.40. The van der Waals surface area contributed by atoms with Gasteiger partial charge in [0.1, 0.15) is 18.7 Å². The maximum absolute atomic E-state index is 9.40. The Morgan fingerprint density at radius 2 is 1.39 bits per heavy atom. The first-order valence-electron chi connectivity index (χ1n) is 10.6. The standard InChI is InChI=1S/C27H22N2O4/c30-16-21-11-13-24-23(15-21)28-27(33-24)22-12-14-25(31-17-19-7-3-1-4-8-19)29-26(22)32-18-20-9-5-2-6-10-20/h1-15,30H,16-18H2. The lowest BCUT2D eigenvalue weighted by molar-refractivity contribution is 0.268. The van der Waals surface area contributed by atoms with Gasteiger partial charge in [0.2, 0.25) is 17.7 Å². The first kappa shape index (κ1) is 20.7. The van der Waals surface area contributed by atoms with Crippen molar-refractivity contribution in [1.29, 1.82) is 0 Å². The molecule has 0 amide bonds. The predicted octanol–water partition coefficient (Wildman–Crippen LogP) is 5.54. The highest BCUT2D eigenvalue weighted by atomic mass is 16.5. The second-order valence-corrected chi connectivity index (χ2v) is 7.53. The highest BCUT2D eigenvalue weighted by Gasteiger charge is 2.17. The number of oxazole rings is 1. The molecule has 0 aliphatic rings. The molecule has 0 saturated carbocycles. The molecular weight excluding hydrogens is 416 g/mol. The number of aliphatic hydroxyl groups excluding tert-OH is 1. The number of benzene rings is 3. The van der Waals surface area contributed by atoms with Crippen LogP contribution in [0.2, 0.25) is 0 Å². The summed E-state index contributed by atoms with van der Waals surface area (Å²) >= 11 is 0. The summed E-state index contributed by atoms with van der Waals surface area (Å²) in [4.78, 5) is 9.19. The van der Waals surface area contributed by atoms with Gasteiger partial charge >= 0.3 is 0 Å². The summed E-state index contributed by atoms with van der Waals surface area (Å²) in [7, 11) is 0. The van der Waals surface area contributed by atoms with Crippen molar-refractivity contribution in [3.8, 4) is 23.2 Å². The molecule has 5 rings (SSSR count). The van der Waals surface area contributed by atoms with Crippen LogP contribution >= 0.6 is 0 Å². The van der Waals surface area contributed by atoms with E-state index in [-0.39, 0.29) is 6.61 Å². The number of hydrogen-bond donors (Lipinski definition) is 1. The van der Waals surface area contributed by atoms with Gasteiger partial charge in [0.15, 0.2) is 5.58 Å². The normalized spacial score (nSPS) is 10.9. The SMILES string of the molecule is OCc1ccc2oc(-c3ccc(OCc4ccccc4)nc3OCc3ccccc3)nc2c1. The molecule has 5 aromatic rings. The molecule has 0 aliphatic heterocycles. The fourth-order valence-electron chi connectivity index (χ4n) is 3.42. The van der Waals surface area contributed by atoms with Crippen molar-refractivity contribution in [2.75, 3.05) is 0 Å². The molecule has 3 aromatic carbocycles. The highest BCUT2D eigenvalue weighted by Crippen LogP contribution is 2.33. The molecule has 6 nitrogen and oxygen atoms in total. The fourth-order valence-corrected chi connectivity index (χ4v) is 3.42. The van der Waals surface area contributed by atoms with E-state index in [1.807, 2.05) is 72.8 Å². The van der Waals surface area contributed by atoms with Gasteiger partial charge in [-0.25, -0.2) is 4.98 Å². The molecule has 6 heteroatoms. The van der Waals surface area contributed by atoms with Crippen LogP contribution in [0.15, 0.2) is 95.4 Å². The molecule has 0 unspecified atom stereocenters. The lowest BCUT2D eigenvalue weighted by atomic mass is 10.2. The summed E-state index contributed by atoms with van der Waals surface area (Å²) < 4.78 is 17.9. The van der Waals surface area contributed by atoms with Gasteiger partial charge in [-0.2, -0.15) is 4.98 Å². The molecular formula is C27H22N2O4. The Bertz CT molecular complexity index is 1350. The van der Waals surface area contributed by atoms with Crippen LogP contribution in [-0.4, -0.2) is 15.1 Å². The molecule has 164 valence electrons. The van der Waals surface area contributed by atoms with Crippen LogP contribution < -0.4 is 9.47 Å². The smallest absolute Gasteiger partial charge is 0.232 e. The van der Waals surface area contributed by atoms with E-state index >= 15 is 0 Å². The van der Waals surface area contributed by atoms with E-state index in [1.54, 1.807) is 18.2 Å². The average molecular weight is 438 g/mol. The molecule has 0 atom stereocenters. The number of aliphatic hydroxyl groups is 1. The van der Waals surface area contributed by atoms with Gasteiger partial charge in [-0.3, -0.25) is 0 Å². The van der Waals surface area contributed by atoms with Crippen LogP contribution in [0.1, 0.15) is 16.7 Å². The minimum absolute atomic E-state index is 0.0570. The molecule has 2 heterocycles. The zero-order valence-corrected chi connectivity index (χ0v) is 17.8. The molecule has 0 radical (unpaired) electrons. The third-order valence-corrected chi connectivity index (χ3v) is 5.15. The third kappa shape index (κ3) is 4.86. The van der Waals surface area contributed by atoms with Crippen molar-refractivity contribution in [3.63, 3.8) is 0 Å². The molecule has 0 bridgehead atoms. The molecule has 0 fully saturated rings. The number of ether oxygens (including phenoxy) is 2. The van der Waals surface area contributed by atoms with Gasteiger partial charge in [0.25, 0.3) is 0 Å². The van der Waals surface area contributed by atoms with Crippen molar-refractivity contribution in [1.82, 2.24) is 9.97 Å². The van der Waals surface area contributed by atoms with E-state index in [2.05, 4.69) is 9.97 Å². The summed E-state index contributed by atoms with van der Waals surface area (Å²) in [5.41, 5.74) is 4.75. The Hall–Kier alpha value is -4.16. The molecule has 1 N–H and O–H groups in total. The van der Waals surface area contributed by atoms with Gasteiger partial charge in [-0.15, -0.1) is 0 Å². The van der Waals surface area contributed by atoms with Crippen molar-refractivity contribution in [2.24, 2.45) is 0 Å². The zero-order valence-electron chi connectivity index (χ0n) is 17.8. The topological polar surface area (TPSA) is 77.6 Å². The van der Waals surface area contributed by atoms with Crippen molar-refractivity contribution < 1.29 is 19.0 Å². The Morgan fingerprint density at radius 1 is 0.697 bits per heavy atom. The largest absolute Gasteiger partial charge is 0.473 e. The Labute approximate surface area is 191 Å². The lowest BCUT2D eigenvalue weighted by Crippen LogP contribution is -2.02.